The van der Waals surface area contributed by atoms with Gasteiger partial charge in [0, 0.05) is 19.0 Å². The first-order valence-electron chi connectivity index (χ1n) is 7.88. The van der Waals surface area contributed by atoms with E-state index in [1.165, 1.54) is 12.0 Å². The van der Waals surface area contributed by atoms with Gasteiger partial charge in [-0.1, -0.05) is 30.3 Å². The molecular formula is C17H22N2O2. The molecule has 21 heavy (non-hydrogen) atoms. The van der Waals surface area contributed by atoms with Gasteiger partial charge in [-0.25, -0.2) is 0 Å². The van der Waals surface area contributed by atoms with Crippen molar-refractivity contribution in [3.8, 4) is 0 Å². The lowest BCUT2D eigenvalue weighted by molar-refractivity contribution is -0.137. The molecule has 1 aromatic rings. The highest BCUT2D eigenvalue weighted by Gasteiger charge is 2.34. The molecule has 1 aromatic carbocycles. The summed E-state index contributed by atoms with van der Waals surface area (Å²) in [5.74, 6) is 0.117. The number of carbonyl (C=O) groups is 2. The lowest BCUT2D eigenvalue weighted by Gasteiger charge is -2.37. The molecule has 2 aliphatic heterocycles. The standard InChI is InChI=1S/C17H22N2O2/c20-16-10-9-15(18-16)17(21)19-11-5-4-8-14(19)12-13-6-2-1-3-7-13/h1-3,6-7,14-15H,4-5,8-12H2,(H,18,20)/t14-,15+/m1/s1. The smallest absolute Gasteiger partial charge is 0.245 e. The fourth-order valence-electron chi connectivity index (χ4n) is 3.39. The normalized spacial score (nSPS) is 25.7. The summed E-state index contributed by atoms with van der Waals surface area (Å²) in [6.45, 7) is 0.822. The minimum absolute atomic E-state index is 0.00460. The second-order valence-corrected chi connectivity index (χ2v) is 6.03. The summed E-state index contributed by atoms with van der Waals surface area (Å²) in [6, 6.07) is 10.3. The molecule has 2 atom stereocenters. The summed E-state index contributed by atoms with van der Waals surface area (Å²) < 4.78 is 0. The monoisotopic (exact) mass is 286 g/mol. The van der Waals surface area contributed by atoms with Gasteiger partial charge < -0.3 is 10.2 Å². The Morgan fingerprint density at radius 1 is 1.19 bits per heavy atom. The van der Waals surface area contributed by atoms with E-state index in [-0.39, 0.29) is 23.9 Å². The van der Waals surface area contributed by atoms with Crippen LogP contribution in [0.1, 0.15) is 37.7 Å². The molecule has 0 aliphatic carbocycles. The van der Waals surface area contributed by atoms with Gasteiger partial charge in [0.1, 0.15) is 6.04 Å². The van der Waals surface area contributed by atoms with Crippen molar-refractivity contribution in [2.45, 2.75) is 50.6 Å². The number of amides is 2. The third-order valence-corrected chi connectivity index (χ3v) is 4.52. The summed E-state index contributed by atoms with van der Waals surface area (Å²) in [7, 11) is 0. The molecule has 2 saturated heterocycles. The summed E-state index contributed by atoms with van der Waals surface area (Å²) in [4.78, 5) is 26.0. The number of benzene rings is 1. The number of carbonyl (C=O) groups excluding carboxylic acids is 2. The van der Waals surface area contributed by atoms with Crippen LogP contribution in [0.15, 0.2) is 30.3 Å². The van der Waals surface area contributed by atoms with Crippen molar-refractivity contribution < 1.29 is 9.59 Å². The van der Waals surface area contributed by atoms with Crippen LogP contribution in [-0.4, -0.2) is 35.3 Å². The fourth-order valence-corrected chi connectivity index (χ4v) is 3.39. The van der Waals surface area contributed by atoms with E-state index in [0.29, 0.717) is 12.8 Å². The summed E-state index contributed by atoms with van der Waals surface area (Å²) in [5.41, 5.74) is 1.28. The largest absolute Gasteiger partial charge is 0.344 e. The average molecular weight is 286 g/mol. The number of rotatable bonds is 3. The number of nitrogens with one attached hydrogen (secondary N) is 1. The number of piperidine rings is 1. The van der Waals surface area contributed by atoms with Crippen LogP contribution < -0.4 is 5.32 Å². The van der Waals surface area contributed by atoms with Gasteiger partial charge in [-0.15, -0.1) is 0 Å². The molecule has 2 aliphatic rings. The van der Waals surface area contributed by atoms with Crippen LogP contribution in [0.3, 0.4) is 0 Å². The van der Waals surface area contributed by atoms with Crippen molar-refractivity contribution in [1.82, 2.24) is 10.2 Å². The maximum absolute atomic E-state index is 12.7. The van der Waals surface area contributed by atoms with Crippen LogP contribution in [0.5, 0.6) is 0 Å². The van der Waals surface area contributed by atoms with Crippen LogP contribution in [-0.2, 0) is 16.0 Å². The van der Waals surface area contributed by atoms with Crippen LogP contribution in [0.4, 0.5) is 0 Å². The number of hydrogen-bond acceptors (Lipinski definition) is 2. The highest BCUT2D eigenvalue weighted by molar-refractivity contribution is 5.91. The van der Waals surface area contributed by atoms with Gasteiger partial charge in [0.2, 0.25) is 11.8 Å². The van der Waals surface area contributed by atoms with E-state index in [1.54, 1.807) is 0 Å². The van der Waals surface area contributed by atoms with Gasteiger partial charge in [0.05, 0.1) is 0 Å². The Labute approximate surface area is 125 Å². The molecule has 2 heterocycles. The van der Waals surface area contributed by atoms with E-state index in [9.17, 15) is 9.59 Å². The van der Waals surface area contributed by atoms with E-state index in [2.05, 4.69) is 17.4 Å². The Balaban J connectivity index is 1.69. The van der Waals surface area contributed by atoms with E-state index in [0.717, 1.165) is 25.8 Å². The van der Waals surface area contributed by atoms with Crippen molar-refractivity contribution in [2.75, 3.05) is 6.54 Å². The molecule has 0 saturated carbocycles. The van der Waals surface area contributed by atoms with Gasteiger partial charge >= 0.3 is 0 Å². The van der Waals surface area contributed by atoms with Gasteiger partial charge in [-0.05, 0) is 37.7 Å². The van der Waals surface area contributed by atoms with Crippen LogP contribution in [0.2, 0.25) is 0 Å². The molecule has 0 unspecified atom stereocenters. The molecule has 0 spiro atoms. The first-order chi connectivity index (χ1) is 10.2. The molecule has 4 heteroatoms. The zero-order valence-corrected chi connectivity index (χ0v) is 12.3. The number of hydrogen-bond donors (Lipinski definition) is 1. The number of likely N-dealkylation sites (tertiary alicyclic amines) is 1. The molecule has 0 radical (unpaired) electrons. The van der Waals surface area contributed by atoms with Crippen LogP contribution in [0, 0.1) is 0 Å². The van der Waals surface area contributed by atoms with E-state index >= 15 is 0 Å². The Hall–Kier alpha value is -1.84. The summed E-state index contributed by atoms with van der Waals surface area (Å²) in [5, 5.41) is 2.81. The van der Waals surface area contributed by atoms with E-state index < -0.39 is 0 Å². The number of nitrogens with zero attached hydrogens (tertiary/aromatic N) is 1. The topological polar surface area (TPSA) is 49.4 Å². The van der Waals surface area contributed by atoms with Gasteiger partial charge in [0.15, 0.2) is 0 Å². The maximum atomic E-state index is 12.7. The second kappa shape index (κ2) is 6.29. The van der Waals surface area contributed by atoms with Crippen molar-refractivity contribution >= 4 is 11.8 Å². The van der Waals surface area contributed by atoms with Gasteiger partial charge in [-0.3, -0.25) is 9.59 Å². The molecule has 0 bridgehead atoms. The highest BCUT2D eigenvalue weighted by Crippen LogP contribution is 2.23. The first-order valence-corrected chi connectivity index (χ1v) is 7.88. The Morgan fingerprint density at radius 3 is 2.71 bits per heavy atom. The molecular weight excluding hydrogens is 264 g/mol. The van der Waals surface area contributed by atoms with Crippen molar-refractivity contribution in [3.63, 3.8) is 0 Å². The fraction of sp³-hybridized carbons (Fsp3) is 0.529. The zero-order chi connectivity index (χ0) is 14.7. The maximum Gasteiger partial charge on any atom is 0.245 e. The van der Waals surface area contributed by atoms with Crippen molar-refractivity contribution in [3.05, 3.63) is 35.9 Å². The third kappa shape index (κ3) is 3.26. The zero-order valence-electron chi connectivity index (χ0n) is 12.3. The van der Waals surface area contributed by atoms with Crippen LogP contribution >= 0.6 is 0 Å². The SMILES string of the molecule is O=C1CC[C@@H](C(=O)N2CCCC[C@@H]2Cc2ccccc2)N1. The minimum atomic E-state index is -0.297. The molecule has 112 valence electrons. The molecule has 3 rings (SSSR count). The Bertz CT molecular complexity index is 515. The Kier molecular flexibility index (Phi) is 4.23. The quantitative estimate of drug-likeness (QED) is 0.922. The lowest BCUT2D eigenvalue weighted by Crippen LogP contribution is -2.51. The molecule has 4 nitrogen and oxygen atoms in total. The van der Waals surface area contributed by atoms with Gasteiger partial charge in [0.25, 0.3) is 0 Å². The third-order valence-electron chi connectivity index (χ3n) is 4.52. The first kappa shape index (κ1) is 14.1. The Morgan fingerprint density at radius 2 is 2.00 bits per heavy atom. The van der Waals surface area contributed by atoms with E-state index in [1.807, 2.05) is 23.1 Å². The van der Waals surface area contributed by atoms with Crippen LogP contribution in [0.25, 0.3) is 0 Å². The highest BCUT2D eigenvalue weighted by atomic mass is 16.2. The molecule has 1 N–H and O–H groups in total. The van der Waals surface area contributed by atoms with Crippen molar-refractivity contribution in [1.29, 1.82) is 0 Å². The molecule has 0 aromatic heterocycles. The molecule has 2 fully saturated rings. The summed E-state index contributed by atoms with van der Waals surface area (Å²) >= 11 is 0. The molecule has 2 amide bonds. The predicted octanol–water partition coefficient (Wildman–Crippen LogP) is 1.89. The predicted molar refractivity (Wildman–Crippen MR) is 80.7 cm³/mol. The average Bonchev–Trinajstić information content (AvgIpc) is 2.95. The van der Waals surface area contributed by atoms with Gasteiger partial charge in [-0.2, -0.15) is 0 Å². The summed E-state index contributed by atoms with van der Waals surface area (Å²) in [6.07, 6.45) is 5.34. The second-order valence-electron chi connectivity index (χ2n) is 6.03. The lowest BCUT2D eigenvalue weighted by atomic mass is 9.94. The minimum Gasteiger partial charge on any atom is -0.344 e. The van der Waals surface area contributed by atoms with Crippen molar-refractivity contribution in [2.24, 2.45) is 0 Å². The van der Waals surface area contributed by atoms with E-state index in [4.69, 9.17) is 0 Å².